The summed E-state index contributed by atoms with van der Waals surface area (Å²) in [5.74, 6) is 0. The summed E-state index contributed by atoms with van der Waals surface area (Å²) in [5, 5.41) is 0. The van der Waals surface area contributed by atoms with Crippen molar-refractivity contribution in [1.29, 1.82) is 0 Å². The third-order valence-electron chi connectivity index (χ3n) is 4.94. The molecule has 0 unspecified atom stereocenters. The van der Waals surface area contributed by atoms with Gasteiger partial charge in [0.25, 0.3) is 6.28 Å². The molecular formula is C21H24BN. The van der Waals surface area contributed by atoms with Crippen LogP contribution in [-0.2, 0) is 0 Å². The molecule has 0 aromatic heterocycles. The minimum atomic E-state index is -1.20. The monoisotopic (exact) mass is 301 g/mol. The van der Waals surface area contributed by atoms with Gasteiger partial charge in [0.1, 0.15) is 0 Å². The van der Waals surface area contributed by atoms with Gasteiger partial charge < -0.3 is 5.64 Å². The zero-order valence-corrected chi connectivity index (χ0v) is 14.2. The van der Waals surface area contributed by atoms with Crippen LogP contribution in [0.2, 0.25) is 0 Å². The highest BCUT2D eigenvalue weighted by molar-refractivity contribution is 7.04. The number of hydrogen-bond acceptors (Lipinski definition) is 0. The Balaban J connectivity index is 2.21. The fourth-order valence-corrected chi connectivity index (χ4v) is 3.26. The molecule has 3 rings (SSSR count). The lowest BCUT2D eigenvalue weighted by Gasteiger charge is -2.33. The summed E-state index contributed by atoms with van der Waals surface area (Å²) in [6.07, 6.45) is -1.20. The maximum absolute atomic E-state index is 4.73. The Hall–Kier alpha value is -2.32. The molecule has 0 aliphatic heterocycles. The van der Waals surface area contributed by atoms with E-state index in [0.717, 1.165) is 0 Å². The van der Waals surface area contributed by atoms with Gasteiger partial charge in [0.2, 0.25) is 0 Å². The Morgan fingerprint density at radius 1 is 0.478 bits per heavy atom. The second-order valence-electron chi connectivity index (χ2n) is 6.78. The van der Waals surface area contributed by atoms with E-state index in [1.807, 2.05) is 0 Å². The molecule has 0 atom stereocenters. The van der Waals surface area contributed by atoms with Crippen LogP contribution in [0.25, 0.3) is 0 Å². The molecule has 0 fully saturated rings. The summed E-state index contributed by atoms with van der Waals surface area (Å²) in [7, 11) is 0. The molecule has 3 N–H and O–H groups in total. The Kier molecular flexibility index (Phi) is 4.10. The summed E-state index contributed by atoms with van der Waals surface area (Å²) in [6.45, 7) is 6.37. The highest BCUT2D eigenvalue weighted by Crippen LogP contribution is 2.04. The second-order valence-corrected chi connectivity index (χ2v) is 6.78. The van der Waals surface area contributed by atoms with Gasteiger partial charge in [-0.25, -0.2) is 0 Å². The maximum Gasteiger partial charge on any atom is 0.286 e. The van der Waals surface area contributed by atoms with Crippen molar-refractivity contribution in [2.75, 3.05) is 0 Å². The minimum Gasteiger partial charge on any atom is -0.536 e. The van der Waals surface area contributed by atoms with E-state index in [0.29, 0.717) is 0 Å². The van der Waals surface area contributed by atoms with Gasteiger partial charge in [-0.3, -0.25) is 0 Å². The quantitative estimate of drug-likeness (QED) is 0.715. The van der Waals surface area contributed by atoms with Gasteiger partial charge in [-0.15, -0.1) is 16.4 Å². The summed E-state index contributed by atoms with van der Waals surface area (Å²) < 4.78 is 0. The van der Waals surface area contributed by atoms with E-state index in [2.05, 4.69) is 93.6 Å². The topological polar surface area (TPSA) is 27.6 Å². The maximum atomic E-state index is 4.73. The van der Waals surface area contributed by atoms with Gasteiger partial charge in [-0.2, -0.15) is 0 Å². The summed E-state index contributed by atoms with van der Waals surface area (Å²) in [5.41, 5.74) is 12.4. The van der Waals surface area contributed by atoms with Crippen LogP contribution in [-0.4, -0.2) is 6.28 Å². The van der Waals surface area contributed by atoms with Crippen LogP contribution in [0.5, 0.6) is 0 Å². The molecule has 0 heterocycles. The molecule has 3 aromatic rings. The standard InChI is InChI=1S/C21H24BN/c1-16-4-10-19(11-5-16)22(23,20-12-6-17(2)7-13-20)21-14-8-18(3)9-15-21/h4-15H,1-3,23H3. The molecule has 0 aliphatic rings. The molecule has 0 aliphatic carbocycles. The van der Waals surface area contributed by atoms with Crippen molar-refractivity contribution in [1.82, 2.24) is 0 Å². The Morgan fingerprint density at radius 3 is 0.913 bits per heavy atom. The summed E-state index contributed by atoms with van der Waals surface area (Å²) >= 11 is 0. The Bertz CT molecular complexity index is 676. The van der Waals surface area contributed by atoms with Crippen LogP contribution in [0.3, 0.4) is 0 Å². The first-order valence-corrected chi connectivity index (χ1v) is 8.24. The molecule has 0 saturated carbocycles. The van der Waals surface area contributed by atoms with Crippen LogP contribution >= 0.6 is 0 Å². The van der Waals surface area contributed by atoms with E-state index in [-0.39, 0.29) is 0 Å². The van der Waals surface area contributed by atoms with Gasteiger partial charge in [0.15, 0.2) is 0 Å². The summed E-state index contributed by atoms with van der Waals surface area (Å²) in [6, 6.07) is 26.4. The first kappa shape index (κ1) is 15.6. The van der Waals surface area contributed by atoms with Crippen molar-refractivity contribution in [2.45, 2.75) is 20.8 Å². The second kappa shape index (κ2) is 6.06. The van der Waals surface area contributed by atoms with Crippen LogP contribution in [0, 0.1) is 20.8 Å². The average molecular weight is 301 g/mol. The SMILES string of the molecule is Cc1ccc([B-]([NH3+])(c2ccc(C)cc2)c2ccc(C)cc2)cc1. The number of hydrogen-bond donors (Lipinski definition) is 1. The highest BCUT2D eigenvalue weighted by atomic mass is 14.5. The van der Waals surface area contributed by atoms with Gasteiger partial charge in [-0.05, 0) is 20.8 Å². The molecule has 1 nitrogen and oxygen atoms in total. The van der Waals surface area contributed by atoms with E-state index < -0.39 is 6.28 Å². The number of benzene rings is 3. The van der Waals surface area contributed by atoms with Gasteiger partial charge in [-0.1, -0.05) is 89.5 Å². The molecule has 0 bridgehead atoms. The molecule has 0 radical (unpaired) electrons. The number of quaternary nitrogens is 1. The largest absolute Gasteiger partial charge is 0.536 e. The smallest absolute Gasteiger partial charge is 0.286 e. The molecule has 3 aromatic carbocycles. The lowest BCUT2D eigenvalue weighted by Crippen LogP contribution is -2.94. The van der Waals surface area contributed by atoms with Gasteiger partial charge in [0.05, 0.1) is 0 Å². The molecule has 23 heavy (non-hydrogen) atoms. The third kappa shape index (κ3) is 2.95. The van der Waals surface area contributed by atoms with E-state index in [9.17, 15) is 0 Å². The van der Waals surface area contributed by atoms with Crippen LogP contribution in [0.1, 0.15) is 16.7 Å². The normalized spacial score (nSPS) is 11.5. The molecule has 116 valence electrons. The van der Waals surface area contributed by atoms with E-state index in [4.69, 9.17) is 5.64 Å². The minimum absolute atomic E-state index is 1.20. The van der Waals surface area contributed by atoms with E-state index >= 15 is 0 Å². The lowest BCUT2D eigenvalue weighted by molar-refractivity contribution is -0.193. The van der Waals surface area contributed by atoms with Crippen molar-refractivity contribution >= 4 is 22.7 Å². The van der Waals surface area contributed by atoms with E-state index in [1.54, 1.807) is 0 Å². The molecule has 0 spiro atoms. The Morgan fingerprint density at radius 2 is 0.696 bits per heavy atom. The van der Waals surface area contributed by atoms with Crippen molar-refractivity contribution in [3.05, 3.63) is 89.5 Å². The molecular weight excluding hydrogens is 277 g/mol. The fourth-order valence-electron chi connectivity index (χ4n) is 3.26. The zero-order chi connectivity index (χ0) is 16.4. The number of rotatable bonds is 3. The highest BCUT2D eigenvalue weighted by Gasteiger charge is 2.32. The van der Waals surface area contributed by atoms with Crippen LogP contribution < -0.4 is 22.0 Å². The molecule has 0 amide bonds. The third-order valence-corrected chi connectivity index (χ3v) is 4.94. The fraction of sp³-hybridized carbons (Fsp3) is 0.143. The van der Waals surface area contributed by atoms with Gasteiger partial charge >= 0.3 is 0 Å². The number of aryl methyl sites for hydroxylation is 3. The molecule has 2 heteroatoms. The van der Waals surface area contributed by atoms with E-state index in [1.165, 1.54) is 33.1 Å². The van der Waals surface area contributed by atoms with Crippen molar-refractivity contribution in [3.63, 3.8) is 0 Å². The molecule has 0 saturated heterocycles. The predicted octanol–water partition coefficient (Wildman–Crippen LogP) is 1.82. The van der Waals surface area contributed by atoms with Crippen LogP contribution in [0.15, 0.2) is 72.8 Å². The van der Waals surface area contributed by atoms with Crippen molar-refractivity contribution in [3.8, 4) is 0 Å². The summed E-state index contributed by atoms with van der Waals surface area (Å²) in [4.78, 5) is 0. The van der Waals surface area contributed by atoms with Gasteiger partial charge in [0, 0.05) is 0 Å². The van der Waals surface area contributed by atoms with Crippen molar-refractivity contribution in [2.24, 2.45) is 0 Å². The van der Waals surface area contributed by atoms with Crippen molar-refractivity contribution < 1.29 is 5.64 Å². The van der Waals surface area contributed by atoms with Crippen LogP contribution in [0.4, 0.5) is 0 Å². The first-order chi connectivity index (χ1) is 11.0. The zero-order valence-electron chi connectivity index (χ0n) is 14.2. The average Bonchev–Trinajstić information content (AvgIpc) is 2.56. The Labute approximate surface area is 139 Å². The predicted molar refractivity (Wildman–Crippen MR) is 101 cm³/mol. The lowest BCUT2D eigenvalue weighted by atomic mass is 9.25. The first-order valence-electron chi connectivity index (χ1n) is 8.24.